The molecule has 3 aliphatic rings. The smallest absolute Gasteiger partial charge is 0.257 e. The van der Waals surface area contributed by atoms with Gasteiger partial charge in [0, 0.05) is 25.6 Å². The van der Waals surface area contributed by atoms with Crippen LogP contribution in [-0.4, -0.2) is 52.7 Å². The molecule has 2 N–H and O–H groups in total. The maximum absolute atomic E-state index is 13.1. The van der Waals surface area contributed by atoms with Crippen molar-refractivity contribution >= 4 is 17.8 Å². The number of benzene rings is 1. The van der Waals surface area contributed by atoms with E-state index in [9.17, 15) is 9.59 Å². The van der Waals surface area contributed by atoms with E-state index in [1.807, 2.05) is 30.0 Å². The molecule has 0 spiro atoms. The molecule has 2 fully saturated rings. The van der Waals surface area contributed by atoms with Crippen molar-refractivity contribution in [2.75, 3.05) is 19.6 Å². The van der Waals surface area contributed by atoms with E-state index in [4.69, 9.17) is 5.73 Å². The van der Waals surface area contributed by atoms with Crippen molar-refractivity contribution in [3.8, 4) is 0 Å². The van der Waals surface area contributed by atoms with E-state index in [2.05, 4.69) is 31.0 Å². The molecule has 2 amide bonds. The van der Waals surface area contributed by atoms with Crippen LogP contribution in [0.25, 0.3) is 0 Å². The fourth-order valence-electron chi connectivity index (χ4n) is 5.30. The van der Waals surface area contributed by atoms with Crippen molar-refractivity contribution in [1.82, 2.24) is 9.80 Å². The van der Waals surface area contributed by atoms with Crippen LogP contribution in [0.5, 0.6) is 0 Å². The highest BCUT2D eigenvalue weighted by Crippen LogP contribution is 2.48. The summed E-state index contributed by atoms with van der Waals surface area (Å²) in [7, 11) is 0. The van der Waals surface area contributed by atoms with Gasteiger partial charge in [0.15, 0.2) is 5.96 Å². The first-order valence-electron chi connectivity index (χ1n) is 11.3. The van der Waals surface area contributed by atoms with Gasteiger partial charge in [0.1, 0.15) is 5.54 Å². The monoisotopic (exact) mass is 410 g/mol. The average Bonchev–Trinajstić information content (AvgIpc) is 3.48. The molecule has 4 atom stereocenters. The van der Waals surface area contributed by atoms with E-state index in [1.165, 1.54) is 5.56 Å². The summed E-state index contributed by atoms with van der Waals surface area (Å²) in [6.45, 7) is 8.15. The first-order chi connectivity index (χ1) is 14.3. The van der Waals surface area contributed by atoms with Crippen LogP contribution in [-0.2, 0) is 9.59 Å². The third-order valence-electron chi connectivity index (χ3n) is 6.76. The van der Waals surface area contributed by atoms with Crippen molar-refractivity contribution < 1.29 is 9.59 Å². The minimum atomic E-state index is -0.751. The minimum absolute atomic E-state index is 0.00323. The van der Waals surface area contributed by atoms with Gasteiger partial charge in [-0.2, -0.15) is 0 Å². The van der Waals surface area contributed by atoms with Crippen LogP contribution in [0.1, 0.15) is 57.9 Å². The summed E-state index contributed by atoms with van der Waals surface area (Å²) in [5.74, 6) is 1.69. The third-order valence-corrected chi connectivity index (χ3v) is 6.76. The number of hydrogen-bond donors (Lipinski definition) is 1. The van der Waals surface area contributed by atoms with Crippen LogP contribution >= 0.6 is 0 Å². The molecule has 0 aromatic heterocycles. The summed E-state index contributed by atoms with van der Waals surface area (Å²) < 4.78 is 0. The van der Waals surface area contributed by atoms with Gasteiger partial charge in [-0.05, 0) is 55.9 Å². The van der Waals surface area contributed by atoms with Gasteiger partial charge in [-0.3, -0.25) is 14.5 Å². The molecule has 0 radical (unpaired) electrons. The number of piperidine rings is 1. The SMILES string of the molecule is CC(C)CC1(C)N=C(N)N(CC2CCCN(C(=O)C3C[C@H]3c3ccccc3)C2)C1=O. The fraction of sp³-hybridized carbons (Fsp3) is 0.625. The largest absolute Gasteiger partial charge is 0.369 e. The van der Waals surface area contributed by atoms with Crippen LogP contribution in [0.4, 0.5) is 0 Å². The highest BCUT2D eigenvalue weighted by Gasteiger charge is 2.47. The summed E-state index contributed by atoms with van der Waals surface area (Å²) >= 11 is 0. The molecule has 30 heavy (non-hydrogen) atoms. The molecule has 162 valence electrons. The maximum Gasteiger partial charge on any atom is 0.257 e. The second-order valence-corrected chi connectivity index (χ2v) is 9.91. The lowest BCUT2D eigenvalue weighted by Crippen LogP contribution is -2.49. The lowest BCUT2D eigenvalue weighted by Gasteiger charge is -2.35. The molecule has 1 saturated heterocycles. The highest BCUT2D eigenvalue weighted by atomic mass is 16.2. The Morgan fingerprint density at radius 1 is 1.30 bits per heavy atom. The standard InChI is InChI=1S/C24H34N4O2/c1-16(2)13-24(3)22(30)28(23(25)26-24)15-17-8-7-11-27(14-17)21(29)20-12-19(20)18-9-5-4-6-10-18/h4-6,9-10,16-17,19-20H,7-8,11-15H2,1-3H3,(H2,25,26)/t17?,19-,20?,24?/m0/s1. The number of hydrogen-bond acceptors (Lipinski definition) is 4. The molecular weight excluding hydrogens is 376 g/mol. The number of carbonyl (C=O) groups is 2. The van der Waals surface area contributed by atoms with Gasteiger partial charge in [-0.25, -0.2) is 4.99 Å². The molecule has 4 rings (SSSR count). The van der Waals surface area contributed by atoms with E-state index in [-0.39, 0.29) is 23.7 Å². The predicted octanol–water partition coefficient (Wildman–Crippen LogP) is 2.99. The first kappa shape index (κ1) is 20.9. The molecular formula is C24H34N4O2. The van der Waals surface area contributed by atoms with Gasteiger partial charge in [-0.15, -0.1) is 0 Å². The van der Waals surface area contributed by atoms with Crippen molar-refractivity contribution in [1.29, 1.82) is 0 Å². The van der Waals surface area contributed by atoms with Gasteiger partial charge in [-0.1, -0.05) is 44.2 Å². The lowest BCUT2D eigenvalue weighted by molar-refractivity contribution is -0.135. The molecule has 1 aromatic carbocycles. The normalized spacial score (nSPS) is 31.3. The third kappa shape index (κ3) is 4.09. The second kappa shape index (κ2) is 8.05. The Bertz CT molecular complexity index is 837. The Balaban J connectivity index is 1.35. The molecule has 0 bridgehead atoms. The molecule has 3 unspecified atom stereocenters. The predicted molar refractivity (Wildman–Crippen MR) is 118 cm³/mol. The summed E-state index contributed by atoms with van der Waals surface area (Å²) in [5, 5.41) is 0. The minimum Gasteiger partial charge on any atom is -0.369 e. The molecule has 6 heteroatoms. The maximum atomic E-state index is 13.1. The van der Waals surface area contributed by atoms with Crippen LogP contribution in [0.3, 0.4) is 0 Å². The first-order valence-corrected chi connectivity index (χ1v) is 11.3. The number of amides is 2. The van der Waals surface area contributed by atoms with Crippen molar-refractivity contribution in [2.24, 2.45) is 28.5 Å². The molecule has 2 heterocycles. The number of nitrogens with two attached hydrogens (primary N) is 1. The number of guanidine groups is 1. The molecule has 2 aliphatic heterocycles. The summed E-state index contributed by atoms with van der Waals surface area (Å²) in [4.78, 5) is 34.3. The van der Waals surface area contributed by atoms with Gasteiger partial charge in [0.2, 0.25) is 5.91 Å². The second-order valence-electron chi connectivity index (χ2n) is 9.91. The van der Waals surface area contributed by atoms with Crippen LogP contribution in [0, 0.1) is 17.8 Å². The van der Waals surface area contributed by atoms with E-state index in [0.29, 0.717) is 37.3 Å². The average molecular weight is 411 g/mol. The van der Waals surface area contributed by atoms with E-state index >= 15 is 0 Å². The van der Waals surface area contributed by atoms with E-state index in [1.54, 1.807) is 4.90 Å². The highest BCUT2D eigenvalue weighted by molar-refractivity contribution is 6.06. The van der Waals surface area contributed by atoms with Gasteiger partial charge in [0.25, 0.3) is 5.91 Å². The quantitative estimate of drug-likeness (QED) is 0.783. The summed E-state index contributed by atoms with van der Waals surface area (Å²) in [6, 6.07) is 10.3. The zero-order valence-corrected chi connectivity index (χ0v) is 18.4. The summed E-state index contributed by atoms with van der Waals surface area (Å²) in [6.07, 6.45) is 3.62. The Hall–Kier alpha value is -2.37. The van der Waals surface area contributed by atoms with Crippen molar-refractivity contribution in [3.05, 3.63) is 35.9 Å². The van der Waals surface area contributed by atoms with Crippen LogP contribution < -0.4 is 5.73 Å². The molecule has 1 saturated carbocycles. The molecule has 1 aromatic rings. The van der Waals surface area contributed by atoms with Gasteiger partial charge in [0.05, 0.1) is 0 Å². The number of aliphatic imine (C=N–C) groups is 1. The van der Waals surface area contributed by atoms with Gasteiger partial charge >= 0.3 is 0 Å². The Kier molecular flexibility index (Phi) is 5.60. The number of likely N-dealkylation sites (tertiary alicyclic amines) is 1. The van der Waals surface area contributed by atoms with E-state index < -0.39 is 5.54 Å². The molecule has 6 nitrogen and oxygen atoms in total. The molecule has 1 aliphatic carbocycles. The topological polar surface area (TPSA) is 79.0 Å². The number of nitrogens with zero attached hydrogens (tertiary/aromatic N) is 3. The zero-order valence-electron chi connectivity index (χ0n) is 18.4. The number of rotatable bonds is 6. The Morgan fingerprint density at radius 2 is 2.03 bits per heavy atom. The van der Waals surface area contributed by atoms with Crippen molar-refractivity contribution in [2.45, 2.75) is 57.9 Å². The zero-order chi connectivity index (χ0) is 21.5. The Morgan fingerprint density at radius 3 is 2.73 bits per heavy atom. The summed E-state index contributed by atoms with van der Waals surface area (Å²) in [5.41, 5.74) is 6.66. The van der Waals surface area contributed by atoms with Gasteiger partial charge < -0.3 is 10.6 Å². The fourth-order valence-corrected chi connectivity index (χ4v) is 5.30. The lowest BCUT2D eigenvalue weighted by atomic mass is 9.90. The van der Waals surface area contributed by atoms with Crippen LogP contribution in [0.15, 0.2) is 35.3 Å². The van der Waals surface area contributed by atoms with Crippen LogP contribution in [0.2, 0.25) is 0 Å². The van der Waals surface area contributed by atoms with Crippen molar-refractivity contribution in [3.63, 3.8) is 0 Å². The number of carbonyl (C=O) groups excluding carboxylic acids is 2. The Labute approximate surface area is 179 Å². The van der Waals surface area contributed by atoms with E-state index in [0.717, 1.165) is 25.8 Å².